The first-order valence-corrected chi connectivity index (χ1v) is 12.7. The quantitative estimate of drug-likeness (QED) is 0.272. The third-order valence-electron chi connectivity index (χ3n) is 7.74. The summed E-state index contributed by atoms with van der Waals surface area (Å²) in [6.45, 7) is -0.590. The summed E-state index contributed by atoms with van der Waals surface area (Å²) >= 11 is 0. The monoisotopic (exact) mass is 540 g/mol. The van der Waals surface area contributed by atoms with Gasteiger partial charge in [-0.15, -0.1) is 0 Å². The highest BCUT2D eigenvalue weighted by molar-refractivity contribution is 5.89. The summed E-state index contributed by atoms with van der Waals surface area (Å²) in [5.41, 5.74) is 3.41. The number of nitrogens with zero attached hydrogens (tertiary/aromatic N) is 1. The molecule has 5 N–H and O–H groups in total. The molecule has 0 bridgehead atoms. The number of para-hydroxylation sites is 2. The minimum Gasteiger partial charge on any atom is -0.469 e. The molecule has 39 heavy (non-hydrogen) atoms. The molecule has 208 valence electrons. The summed E-state index contributed by atoms with van der Waals surface area (Å²) in [6.07, 6.45) is -7.15. The van der Waals surface area contributed by atoms with Crippen molar-refractivity contribution in [2.75, 3.05) is 25.7 Å². The van der Waals surface area contributed by atoms with E-state index in [4.69, 9.17) is 14.2 Å². The lowest BCUT2D eigenvalue weighted by molar-refractivity contribution is -0.230. The molecule has 0 radical (unpaired) electrons. The van der Waals surface area contributed by atoms with Crippen LogP contribution < -0.4 is 4.90 Å². The predicted octanol–water partition coefficient (Wildman–Crippen LogP) is 0.891. The Morgan fingerprint density at radius 1 is 0.949 bits per heavy atom. The topological polar surface area (TPSA) is 162 Å². The third-order valence-corrected chi connectivity index (χ3v) is 7.74. The molecule has 7 atom stereocenters. The summed E-state index contributed by atoms with van der Waals surface area (Å²) in [5.74, 6) is -1.42. The first-order valence-electron chi connectivity index (χ1n) is 12.7. The Balaban J connectivity index is 1.73. The fourth-order valence-electron chi connectivity index (χ4n) is 5.86. The number of carbonyl (C=O) groups excluding carboxylic acids is 2. The average Bonchev–Trinajstić information content (AvgIpc) is 3.47. The maximum Gasteiger partial charge on any atom is 0.310 e. The molecule has 1 saturated heterocycles. The van der Waals surface area contributed by atoms with Gasteiger partial charge in [0.2, 0.25) is 0 Å². The van der Waals surface area contributed by atoms with E-state index in [9.17, 15) is 30.0 Å². The van der Waals surface area contributed by atoms with E-state index in [2.05, 4.69) is 4.98 Å². The lowest BCUT2D eigenvalue weighted by Gasteiger charge is -2.46. The first kappa shape index (κ1) is 27.1. The molecular weight excluding hydrogens is 508 g/mol. The van der Waals surface area contributed by atoms with E-state index in [-0.39, 0.29) is 12.8 Å². The Labute approximate surface area is 224 Å². The number of anilines is 1. The van der Waals surface area contributed by atoms with Gasteiger partial charge < -0.3 is 44.5 Å². The Morgan fingerprint density at radius 2 is 1.64 bits per heavy atom. The molecule has 3 heterocycles. The number of nitrogens with one attached hydrogen (secondary N) is 1. The van der Waals surface area contributed by atoms with Crippen LogP contribution in [0.25, 0.3) is 10.9 Å². The second kappa shape index (κ2) is 10.9. The maximum atomic E-state index is 12.7. The number of rotatable bonds is 7. The molecule has 2 aromatic carbocycles. The van der Waals surface area contributed by atoms with Crippen LogP contribution >= 0.6 is 0 Å². The van der Waals surface area contributed by atoms with Crippen LogP contribution in [0.3, 0.4) is 0 Å². The molecule has 0 saturated carbocycles. The van der Waals surface area contributed by atoms with Gasteiger partial charge in [0, 0.05) is 28.2 Å². The number of carbonyl (C=O) groups is 2. The Hall–Kier alpha value is -3.48. The predicted molar refractivity (Wildman–Crippen MR) is 139 cm³/mol. The fourth-order valence-corrected chi connectivity index (χ4v) is 5.86. The smallest absolute Gasteiger partial charge is 0.310 e. The molecular formula is C28H32N2O9. The van der Waals surface area contributed by atoms with Gasteiger partial charge in [-0.3, -0.25) is 9.59 Å². The van der Waals surface area contributed by atoms with E-state index in [1.54, 1.807) is 11.0 Å². The Bertz CT molecular complexity index is 1360. The van der Waals surface area contributed by atoms with Crippen LogP contribution in [-0.4, -0.2) is 88.8 Å². The molecule has 3 aromatic rings. The number of aliphatic hydroxyl groups excluding tert-OH is 4. The zero-order valence-electron chi connectivity index (χ0n) is 21.6. The van der Waals surface area contributed by atoms with Crippen LogP contribution in [0.15, 0.2) is 48.5 Å². The summed E-state index contributed by atoms with van der Waals surface area (Å²) in [7, 11) is 2.61. The molecule has 11 heteroatoms. The number of methoxy groups -OCH3 is 2. The molecule has 0 aliphatic carbocycles. The molecule has 2 aliphatic heterocycles. The van der Waals surface area contributed by atoms with E-state index >= 15 is 0 Å². The van der Waals surface area contributed by atoms with E-state index in [0.29, 0.717) is 16.9 Å². The SMILES string of the molecule is COC(=O)Cc1c(C2C(CC(=O)OC)c3ccccc3N2[C@@H]2O[C@H](CO)[C@@H](O)[C@H](O)[C@H]2O)[nH]c2ccccc12. The molecule has 0 spiro atoms. The van der Waals surface area contributed by atoms with Gasteiger partial charge in [-0.2, -0.15) is 0 Å². The average molecular weight is 541 g/mol. The van der Waals surface area contributed by atoms with Crippen molar-refractivity contribution < 1.29 is 44.2 Å². The van der Waals surface area contributed by atoms with Crippen molar-refractivity contribution in [3.63, 3.8) is 0 Å². The van der Waals surface area contributed by atoms with Gasteiger partial charge in [0.25, 0.3) is 0 Å². The zero-order valence-corrected chi connectivity index (χ0v) is 21.6. The number of aromatic nitrogens is 1. The van der Waals surface area contributed by atoms with Crippen molar-refractivity contribution in [2.45, 2.75) is 55.4 Å². The van der Waals surface area contributed by atoms with Crippen LogP contribution in [0.2, 0.25) is 0 Å². The molecule has 1 aromatic heterocycles. The van der Waals surface area contributed by atoms with Crippen LogP contribution in [0.4, 0.5) is 5.69 Å². The van der Waals surface area contributed by atoms with Crippen molar-refractivity contribution >= 4 is 28.5 Å². The number of ether oxygens (including phenoxy) is 3. The number of hydrogen-bond donors (Lipinski definition) is 5. The third kappa shape index (κ3) is 4.66. The van der Waals surface area contributed by atoms with E-state index in [1.807, 2.05) is 42.5 Å². The van der Waals surface area contributed by atoms with Crippen LogP contribution in [-0.2, 0) is 30.2 Å². The number of aromatic amines is 1. The molecule has 1 fully saturated rings. The second-order valence-corrected chi connectivity index (χ2v) is 9.83. The normalized spacial score (nSPS) is 28.4. The largest absolute Gasteiger partial charge is 0.469 e. The summed E-state index contributed by atoms with van der Waals surface area (Å²) < 4.78 is 16.0. The summed E-state index contributed by atoms with van der Waals surface area (Å²) in [5, 5.41) is 42.9. The van der Waals surface area contributed by atoms with Crippen LogP contribution in [0.1, 0.15) is 35.2 Å². The van der Waals surface area contributed by atoms with Gasteiger partial charge in [0.05, 0.1) is 39.7 Å². The fraction of sp³-hybridized carbons (Fsp3) is 0.429. The van der Waals surface area contributed by atoms with Gasteiger partial charge in [0.15, 0.2) is 6.23 Å². The Kier molecular flexibility index (Phi) is 7.61. The molecule has 2 unspecified atom stereocenters. The number of benzene rings is 2. The van der Waals surface area contributed by atoms with Crippen LogP contribution in [0.5, 0.6) is 0 Å². The van der Waals surface area contributed by atoms with Gasteiger partial charge in [-0.05, 0) is 23.3 Å². The van der Waals surface area contributed by atoms with Crippen molar-refractivity contribution in [1.29, 1.82) is 0 Å². The number of fused-ring (bicyclic) bond motifs is 2. The number of hydrogen-bond acceptors (Lipinski definition) is 10. The van der Waals surface area contributed by atoms with Crippen molar-refractivity contribution in [1.82, 2.24) is 4.98 Å². The molecule has 5 rings (SSSR count). The van der Waals surface area contributed by atoms with Crippen LogP contribution in [0, 0.1) is 0 Å². The van der Waals surface area contributed by atoms with Crippen molar-refractivity contribution in [3.05, 3.63) is 65.4 Å². The van der Waals surface area contributed by atoms with Gasteiger partial charge in [-0.1, -0.05) is 36.4 Å². The maximum absolute atomic E-state index is 12.7. The summed E-state index contributed by atoms with van der Waals surface area (Å²) in [6, 6.07) is 14.1. The van der Waals surface area contributed by atoms with Gasteiger partial charge in [-0.25, -0.2) is 0 Å². The lowest BCUT2D eigenvalue weighted by atomic mass is 9.87. The summed E-state index contributed by atoms with van der Waals surface area (Å²) in [4.78, 5) is 30.4. The number of esters is 2. The lowest BCUT2D eigenvalue weighted by Crippen LogP contribution is -2.63. The second-order valence-electron chi connectivity index (χ2n) is 9.83. The van der Waals surface area contributed by atoms with E-state index in [1.165, 1.54) is 14.2 Å². The standard InChI is InChI=1S/C28H32N2O9/c1-37-21(32)11-16-14-7-3-5-9-18(14)29-23(16)24-17(12-22(33)38-2)15-8-4-6-10-19(15)30(24)28-27(36)26(35)25(34)20(13-31)39-28/h3-10,17,20,24-29,31,34-36H,11-13H2,1-2H3/t17?,20-,24?,25-,26+,27-,28-/m1/s1. The molecule has 0 amide bonds. The minimum absolute atomic E-state index is 0.0286. The van der Waals surface area contributed by atoms with Crippen molar-refractivity contribution in [3.8, 4) is 0 Å². The minimum atomic E-state index is -1.61. The van der Waals surface area contributed by atoms with Gasteiger partial charge >= 0.3 is 11.9 Å². The molecule has 2 aliphatic rings. The highest BCUT2D eigenvalue weighted by Crippen LogP contribution is 2.53. The Morgan fingerprint density at radius 3 is 2.36 bits per heavy atom. The highest BCUT2D eigenvalue weighted by Gasteiger charge is 2.52. The first-order chi connectivity index (χ1) is 18.8. The highest BCUT2D eigenvalue weighted by atomic mass is 16.6. The number of aliphatic hydroxyl groups is 4. The molecule has 11 nitrogen and oxygen atoms in total. The zero-order chi connectivity index (χ0) is 27.8. The number of H-pyrrole nitrogens is 1. The van der Waals surface area contributed by atoms with Gasteiger partial charge in [0.1, 0.15) is 24.4 Å². The van der Waals surface area contributed by atoms with E-state index < -0.39 is 61.1 Å². The van der Waals surface area contributed by atoms with Crippen molar-refractivity contribution in [2.24, 2.45) is 0 Å². The van der Waals surface area contributed by atoms with E-state index in [0.717, 1.165) is 16.5 Å².